The standard InChI is InChI=1S/C33H25N/c1-24-11-5-10-18-31(24)34(29-15-3-2-4-16-29)32-22-21-26-13-8-9-17-30(26)33(32)28-20-19-25-12-6-7-14-27(25)23-28/h2-23H,1H3. The van der Waals surface area contributed by atoms with Crippen molar-refractivity contribution in [3.8, 4) is 11.1 Å². The lowest BCUT2D eigenvalue weighted by Gasteiger charge is -2.30. The van der Waals surface area contributed by atoms with Crippen molar-refractivity contribution in [3.63, 3.8) is 0 Å². The van der Waals surface area contributed by atoms with E-state index in [4.69, 9.17) is 0 Å². The van der Waals surface area contributed by atoms with E-state index in [0.29, 0.717) is 0 Å². The molecule has 0 fully saturated rings. The van der Waals surface area contributed by atoms with E-state index in [1.165, 1.54) is 49.6 Å². The Bertz CT molecular complexity index is 1610. The molecule has 0 aromatic heterocycles. The summed E-state index contributed by atoms with van der Waals surface area (Å²) in [5, 5.41) is 5.00. The highest BCUT2D eigenvalue weighted by Gasteiger charge is 2.20. The van der Waals surface area contributed by atoms with Crippen LogP contribution in [0.15, 0.2) is 133 Å². The number of benzene rings is 6. The van der Waals surface area contributed by atoms with Gasteiger partial charge in [0, 0.05) is 16.9 Å². The van der Waals surface area contributed by atoms with Gasteiger partial charge in [-0.3, -0.25) is 0 Å². The number of aryl methyl sites for hydroxylation is 1. The van der Waals surface area contributed by atoms with Gasteiger partial charge in [0.15, 0.2) is 0 Å². The third-order valence-electron chi connectivity index (χ3n) is 6.56. The molecule has 1 heteroatoms. The average Bonchev–Trinajstić information content (AvgIpc) is 2.90. The molecule has 0 amide bonds. The van der Waals surface area contributed by atoms with Crippen LogP contribution in [0.5, 0.6) is 0 Å². The van der Waals surface area contributed by atoms with Crippen LogP contribution in [0.25, 0.3) is 32.7 Å². The van der Waals surface area contributed by atoms with Crippen LogP contribution in [-0.4, -0.2) is 0 Å². The molecule has 0 atom stereocenters. The van der Waals surface area contributed by atoms with Crippen molar-refractivity contribution in [2.75, 3.05) is 4.90 Å². The van der Waals surface area contributed by atoms with Gasteiger partial charge < -0.3 is 4.90 Å². The van der Waals surface area contributed by atoms with Gasteiger partial charge in [0.05, 0.1) is 5.69 Å². The van der Waals surface area contributed by atoms with Gasteiger partial charge in [0.2, 0.25) is 0 Å². The van der Waals surface area contributed by atoms with Gasteiger partial charge in [0.25, 0.3) is 0 Å². The zero-order chi connectivity index (χ0) is 22.9. The van der Waals surface area contributed by atoms with E-state index in [1.54, 1.807) is 0 Å². The molecule has 162 valence electrons. The van der Waals surface area contributed by atoms with E-state index in [9.17, 15) is 0 Å². The zero-order valence-electron chi connectivity index (χ0n) is 19.1. The zero-order valence-corrected chi connectivity index (χ0v) is 19.1. The third kappa shape index (κ3) is 3.52. The summed E-state index contributed by atoms with van der Waals surface area (Å²) >= 11 is 0. The summed E-state index contributed by atoms with van der Waals surface area (Å²) in [6.45, 7) is 2.18. The van der Waals surface area contributed by atoms with Crippen molar-refractivity contribution in [2.24, 2.45) is 0 Å². The van der Waals surface area contributed by atoms with E-state index >= 15 is 0 Å². The number of hydrogen-bond donors (Lipinski definition) is 0. The Morgan fingerprint density at radius 1 is 0.471 bits per heavy atom. The predicted molar refractivity (Wildman–Crippen MR) is 146 cm³/mol. The summed E-state index contributed by atoms with van der Waals surface area (Å²) < 4.78 is 0. The monoisotopic (exact) mass is 435 g/mol. The maximum absolute atomic E-state index is 2.40. The lowest BCUT2D eigenvalue weighted by atomic mass is 9.93. The SMILES string of the molecule is Cc1ccccc1N(c1ccccc1)c1ccc2ccccc2c1-c1ccc2ccccc2c1. The molecule has 6 rings (SSSR count). The molecular weight excluding hydrogens is 410 g/mol. The summed E-state index contributed by atoms with van der Waals surface area (Å²) in [5.41, 5.74) is 7.22. The number of nitrogens with zero attached hydrogens (tertiary/aromatic N) is 1. The predicted octanol–water partition coefficient (Wildman–Crippen LogP) is 9.44. The van der Waals surface area contributed by atoms with Crippen LogP contribution in [-0.2, 0) is 0 Å². The number of para-hydroxylation sites is 2. The molecule has 6 aromatic rings. The largest absolute Gasteiger partial charge is 0.310 e. The maximum atomic E-state index is 2.40. The molecular formula is C33H25N. The number of rotatable bonds is 4. The van der Waals surface area contributed by atoms with Crippen molar-refractivity contribution in [1.29, 1.82) is 0 Å². The van der Waals surface area contributed by atoms with Crippen LogP contribution in [0.1, 0.15) is 5.56 Å². The second-order valence-corrected chi connectivity index (χ2v) is 8.70. The average molecular weight is 436 g/mol. The fourth-order valence-corrected chi connectivity index (χ4v) is 4.89. The quantitative estimate of drug-likeness (QED) is 0.266. The first-order valence-corrected chi connectivity index (χ1v) is 11.7. The maximum Gasteiger partial charge on any atom is 0.0546 e. The molecule has 34 heavy (non-hydrogen) atoms. The Hall–Kier alpha value is -4.36. The first-order chi connectivity index (χ1) is 16.8. The molecule has 0 aliphatic carbocycles. The first kappa shape index (κ1) is 20.3. The molecule has 0 spiro atoms. The molecule has 0 saturated heterocycles. The summed E-state index contributed by atoms with van der Waals surface area (Å²) in [5.74, 6) is 0. The molecule has 0 unspecified atom stereocenters. The van der Waals surface area contributed by atoms with Gasteiger partial charge in [-0.1, -0.05) is 103 Å². The fraction of sp³-hybridized carbons (Fsp3) is 0.0303. The summed E-state index contributed by atoms with van der Waals surface area (Å²) in [7, 11) is 0. The highest BCUT2D eigenvalue weighted by Crippen LogP contribution is 2.45. The van der Waals surface area contributed by atoms with Crippen molar-refractivity contribution in [1.82, 2.24) is 0 Å². The van der Waals surface area contributed by atoms with Crippen molar-refractivity contribution >= 4 is 38.6 Å². The lowest BCUT2D eigenvalue weighted by molar-refractivity contribution is 1.25. The Balaban J connectivity index is 1.70. The molecule has 0 aliphatic heterocycles. The minimum atomic E-state index is 1.15. The molecule has 0 heterocycles. The van der Waals surface area contributed by atoms with E-state index in [2.05, 4.69) is 145 Å². The molecule has 0 radical (unpaired) electrons. The fourth-order valence-electron chi connectivity index (χ4n) is 4.89. The molecule has 1 nitrogen and oxygen atoms in total. The smallest absolute Gasteiger partial charge is 0.0546 e. The molecule has 0 N–H and O–H groups in total. The highest BCUT2D eigenvalue weighted by atomic mass is 15.1. The summed E-state index contributed by atoms with van der Waals surface area (Å²) in [6, 6.07) is 47.9. The Morgan fingerprint density at radius 2 is 1.12 bits per heavy atom. The molecule has 0 aliphatic rings. The van der Waals surface area contributed by atoms with Crippen LogP contribution in [0.3, 0.4) is 0 Å². The van der Waals surface area contributed by atoms with Crippen molar-refractivity contribution in [2.45, 2.75) is 6.92 Å². The van der Waals surface area contributed by atoms with Gasteiger partial charge in [-0.2, -0.15) is 0 Å². The molecule has 0 bridgehead atoms. The van der Waals surface area contributed by atoms with E-state index < -0.39 is 0 Å². The highest BCUT2D eigenvalue weighted by molar-refractivity contribution is 6.06. The van der Waals surface area contributed by atoms with Gasteiger partial charge in [-0.05, 0) is 69.9 Å². The summed E-state index contributed by atoms with van der Waals surface area (Å²) in [4.78, 5) is 2.40. The van der Waals surface area contributed by atoms with E-state index in [-0.39, 0.29) is 0 Å². The van der Waals surface area contributed by atoms with Gasteiger partial charge in [-0.25, -0.2) is 0 Å². The van der Waals surface area contributed by atoms with Crippen LogP contribution in [0, 0.1) is 6.92 Å². The van der Waals surface area contributed by atoms with Crippen molar-refractivity contribution < 1.29 is 0 Å². The first-order valence-electron chi connectivity index (χ1n) is 11.7. The van der Waals surface area contributed by atoms with Crippen LogP contribution < -0.4 is 4.90 Å². The van der Waals surface area contributed by atoms with Crippen LogP contribution >= 0.6 is 0 Å². The van der Waals surface area contributed by atoms with Crippen LogP contribution in [0.2, 0.25) is 0 Å². The molecule has 6 aromatic carbocycles. The Kier molecular flexibility index (Phi) is 5.08. The number of anilines is 3. The normalized spacial score (nSPS) is 11.1. The van der Waals surface area contributed by atoms with Gasteiger partial charge >= 0.3 is 0 Å². The second-order valence-electron chi connectivity index (χ2n) is 8.70. The van der Waals surface area contributed by atoms with Gasteiger partial charge in [0.1, 0.15) is 0 Å². The van der Waals surface area contributed by atoms with Gasteiger partial charge in [-0.15, -0.1) is 0 Å². The Labute approximate surface area is 200 Å². The number of hydrogen-bond acceptors (Lipinski definition) is 1. The van der Waals surface area contributed by atoms with E-state index in [1.807, 2.05) is 0 Å². The lowest BCUT2D eigenvalue weighted by Crippen LogP contribution is -2.12. The minimum Gasteiger partial charge on any atom is -0.310 e. The topological polar surface area (TPSA) is 3.24 Å². The molecule has 0 saturated carbocycles. The minimum absolute atomic E-state index is 1.15. The van der Waals surface area contributed by atoms with Crippen molar-refractivity contribution in [3.05, 3.63) is 139 Å². The number of fused-ring (bicyclic) bond motifs is 2. The Morgan fingerprint density at radius 3 is 1.94 bits per heavy atom. The van der Waals surface area contributed by atoms with E-state index in [0.717, 1.165) is 5.69 Å². The summed E-state index contributed by atoms with van der Waals surface area (Å²) in [6.07, 6.45) is 0. The third-order valence-corrected chi connectivity index (χ3v) is 6.56. The second kappa shape index (κ2) is 8.53. The van der Waals surface area contributed by atoms with Crippen LogP contribution in [0.4, 0.5) is 17.1 Å².